The molecule has 0 amide bonds. The lowest BCUT2D eigenvalue weighted by atomic mass is 10.4. The van der Waals surface area contributed by atoms with E-state index in [0.29, 0.717) is 0 Å². The molecule has 2 aromatic carbocycles. The molecule has 0 bridgehead atoms. The molecule has 18 heavy (non-hydrogen) atoms. The molecule has 0 heterocycles. The van der Waals surface area contributed by atoms with Gasteiger partial charge in [-0.2, -0.15) is 0 Å². The third-order valence-corrected chi connectivity index (χ3v) is 6.32. The Balaban J connectivity index is 2.41. The van der Waals surface area contributed by atoms with Gasteiger partial charge in [-0.05, 0) is 13.1 Å². The smallest absolute Gasteiger partial charge is 0.0509 e. The van der Waals surface area contributed by atoms with E-state index in [-0.39, 0.29) is 0 Å². The van der Waals surface area contributed by atoms with Gasteiger partial charge in [0.1, 0.15) is 0 Å². The fourth-order valence-electron chi connectivity index (χ4n) is 2.00. The molecule has 0 unspecified atom stereocenters. The van der Waals surface area contributed by atoms with E-state index in [4.69, 9.17) is 4.52 Å². The average Bonchev–Trinajstić information content (AvgIpc) is 2.46. The summed E-state index contributed by atoms with van der Waals surface area (Å²) in [6.07, 6.45) is 1.05. The molecule has 0 aliphatic rings. The Labute approximate surface area is 110 Å². The Morgan fingerprint density at radius 3 is 1.67 bits per heavy atom. The van der Waals surface area contributed by atoms with Crippen LogP contribution in [0.15, 0.2) is 60.7 Å². The zero-order chi connectivity index (χ0) is 12.8. The molecule has 0 spiro atoms. The van der Waals surface area contributed by atoms with Crippen molar-refractivity contribution >= 4 is 18.1 Å². The minimum atomic E-state index is -1.69. The molecule has 1 nitrogen and oxygen atoms in total. The standard InChI is InChI=1S/C16H20OP/c1-3-14-17-18(2,15-10-6-4-7-11-15)16-12-8-5-9-13-16/h4-13H,3,14H2,1-2H3. The number of rotatable bonds is 5. The van der Waals surface area contributed by atoms with Crippen LogP contribution < -0.4 is 10.6 Å². The van der Waals surface area contributed by atoms with Crippen LogP contribution in [0.2, 0.25) is 0 Å². The summed E-state index contributed by atoms with van der Waals surface area (Å²) in [6.45, 7) is 5.22. The fourth-order valence-corrected chi connectivity index (χ4v) is 4.62. The summed E-state index contributed by atoms with van der Waals surface area (Å²) in [5.74, 6) is 0. The molecule has 2 rings (SSSR count). The second kappa shape index (κ2) is 6.13. The van der Waals surface area contributed by atoms with Crippen molar-refractivity contribution in [1.82, 2.24) is 0 Å². The van der Waals surface area contributed by atoms with Gasteiger partial charge in [-0.25, -0.2) is 0 Å². The van der Waals surface area contributed by atoms with Crippen LogP contribution in [0.5, 0.6) is 0 Å². The highest BCUT2D eigenvalue weighted by atomic mass is 31.2. The predicted molar refractivity (Wildman–Crippen MR) is 81.2 cm³/mol. The summed E-state index contributed by atoms with van der Waals surface area (Å²) in [4.78, 5) is 0. The number of hydrogen-bond acceptors (Lipinski definition) is 1. The van der Waals surface area contributed by atoms with Crippen molar-refractivity contribution in [2.45, 2.75) is 13.3 Å². The Hall–Kier alpha value is -1.17. The van der Waals surface area contributed by atoms with Crippen LogP contribution in [0.1, 0.15) is 13.3 Å². The maximum absolute atomic E-state index is 6.26. The highest BCUT2D eigenvalue weighted by Gasteiger charge is 2.26. The monoisotopic (exact) mass is 259 g/mol. The lowest BCUT2D eigenvalue weighted by molar-refractivity contribution is 0.352. The van der Waals surface area contributed by atoms with E-state index in [9.17, 15) is 0 Å². The molecule has 0 saturated heterocycles. The number of hydrogen-bond donors (Lipinski definition) is 0. The summed E-state index contributed by atoms with van der Waals surface area (Å²) in [6, 6.07) is 21.2. The van der Waals surface area contributed by atoms with Gasteiger partial charge in [0.05, 0.1) is 6.61 Å². The van der Waals surface area contributed by atoms with Gasteiger partial charge in [0.15, 0.2) is 0 Å². The van der Waals surface area contributed by atoms with Gasteiger partial charge in [0.25, 0.3) is 0 Å². The van der Waals surface area contributed by atoms with Gasteiger partial charge < -0.3 is 4.52 Å². The second-order valence-corrected chi connectivity index (χ2v) is 7.57. The zero-order valence-electron chi connectivity index (χ0n) is 11.0. The minimum Gasteiger partial charge on any atom is -0.357 e. The molecule has 2 aromatic rings. The van der Waals surface area contributed by atoms with Crippen LogP contribution in [-0.2, 0) is 4.52 Å². The molecule has 0 atom stereocenters. The van der Waals surface area contributed by atoms with Gasteiger partial charge in [-0.3, -0.25) is 0 Å². The van der Waals surface area contributed by atoms with E-state index in [1.54, 1.807) is 0 Å². The summed E-state index contributed by atoms with van der Waals surface area (Å²) in [5.41, 5.74) is 0. The fraction of sp³-hybridized carbons (Fsp3) is 0.250. The van der Waals surface area contributed by atoms with Crippen LogP contribution in [0, 0.1) is 0 Å². The topological polar surface area (TPSA) is 9.23 Å². The summed E-state index contributed by atoms with van der Waals surface area (Å²) < 4.78 is 6.26. The largest absolute Gasteiger partial charge is 0.357 e. The van der Waals surface area contributed by atoms with Crippen molar-refractivity contribution in [2.75, 3.05) is 13.3 Å². The Bertz CT molecular complexity index is 427. The maximum atomic E-state index is 6.26. The summed E-state index contributed by atoms with van der Waals surface area (Å²) in [7, 11) is -1.69. The normalized spacial score (nSPS) is 11.4. The molecule has 95 valence electrons. The molecule has 0 aromatic heterocycles. The average molecular weight is 259 g/mol. The van der Waals surface area contributed by atoms with Crippen molar-refractivity contribution in [1.29, 1.82) is 0 Å². The van der Waals surface area contributed by atoms with Crippen LogP contribution >= 0.6 is 7.49 Å². The van der Waals surface area contributed by atoms with Crippen molar-refractivity contribution in [3.8, 4) is 0 Å². The van der Waals surface area contributed by atoms with E-state index in [1.165, 1.54) is 10.6 Å². The van der Waals surface area contributed by atoms with Crippen molar-refractivity contribution in [3.05, 3.63) is 60.7 Å². The Morgan fingerprint density at radius 2 is 1.28 bits per heavy atom. The first-order valence-corrected chi connectivity index (χ1v) is 8.55. The number of benzene rings is 2. The SMILES string of the molecule is CCCO[P](C)(c1ccccc1)c1ccccc1. The van der Waals surface area contributed by atoms with E-state index >= 15 is 0 Å². The first kappa shape index (κ1) is 13.3. The van der Waals surface area contributed by atoms with Crippen molar-refractivity contribution in [2.24, 2.45) is 0 Å². The molecular weight excluding hydrogens is 239 g/mol. The van der Waals surface area contributed by atoms with Crippen LogP contribution in [0.4, 0.5) is 0 Å². The minimum absolute atomic E-state index is 0.814. The highest BCUT2D eigenvalue weighted by Crippen LogP contribution is 2.53. The van der Waals surface area contributed by atoms with Crippen LogP contribution in [-0.4, -0.2) is 13.3 Å². The summed E-state index contributed by atoms with van der Waals surface area (Å²) in [5, 5.41) is 2.62. The van der Waals surface area contributed by atoms with Gasteiger partial charge in [-0.1, -0.05) is 67.6 Å². The Kier molecular flexibility index (Phi) is 4.52. The lowest BCUT2D eigenvalue weighted by Gasteiger charge is -2.33. The third-order valence-electron chi connectivity index (χ3n) is 3.05. The molecule has 1 radical (unpaired) electrons. The van der Waals surface area contributed by atoms with Crippen LogP contribution in [0.25, 0.3) is 0 Å². The van der Waals surface area contributed by atoms with Crippen molar-refractivity contribution < 1.29 is 4.52 Å². The van der Waals surface area contributed by atoms with E-state index in [2.05, 4.69) is 74.3 Å². The molecule has 0 fully saturated rings. The van der Waals surface area contributed by atoms with Gasteiger partial charge in [0, 0.05) is 18.1 Å². The quantitative estimate of drug-likeness (QED) is 0.745. The molecule has 0 aliphatic carbocycles. The second-order valence-electron chi connectivity index (χ2n) is 4.43. The van der Waals surface area contributed by atoms with Gasteiger partial charge in [0.2, 0.25) is 0 Å². The highest BCUT2D eigenvalue weighted by molar-refractivity contribution is 7.84. The first-order valence-electron chi connectivity index (χ1n) is 6.39. The van der Waals surface area contributed by atoms with Gasteiger partial charge >= 0.3 is 0 Å². The van der Waals surface area contributed by atoms with Gasteiger partial charge in [-0.15, -0.1) is 0 Å². The lowest BCUT2D eigenvalue weighted by Crippen LogP contribution is -2.23. The molecular formula is C16H20OP. The summed E-state index contributed by atoms with van der Waals surface area (Å²) >= 11 is 0. The van der Waals surface area contributed by atoms with E-state index in [1.807, 2.05) is 0 Å². The van der Waals surface area contributed by atoms with E-state index < -0.39 is 7.49 Å². The van der Waals surface area contributed by atoms with E-state index in [0.717, 1.165) is 13.0 Å². The third kappa shape index (κ3) is 2.80. The molecule has 0 saturated carbocycles. The zero-order valence-corrected chi connectivity index (χ0v) is 11.9. The predicted octanol–water partition coefficient (Wildman–Crippen LogP) is 3.63. The van der Waals surface area contributed by atoms with Crippen molar-refractivity contribution in [3.63, 3.8) is 0 Å². The molecule has 0 N–H and O–H groups in total. The Morgan fingerprint density at radius 1 is 0.833 bits per heavy atom. The van der Waals surface area contributed by atoms with Crippen LogP contribution in [0.3, 0.4) is 0 Å². The first-order chi connectivity index (χ1) is 8.77. The molecule has 0 aliphatic heterocycles. The maximum Gasteiger partial charge on any atom is 0.0509 e. The molecule has 2 heteroatoms.